The molecule has 6 heteroatoms. The number of nitrogens with zero attached hydrogens (tertiary/aromatic N) is 3. The Morgan fingerprint density at radius 3 is 2.80 bits per heavy atom. The number of anilines is 1. The molecule has 2 heterocycles. The summed E-state index contributed by atoms with van der Waals surface area (Å²) in [7, 11) is 0. The summed E-state index contributed by atoms with van der Waals surface area (Å²) in [5.74, 6) is 0.440. The van der Waals surface area contributed by atoms with Crippen LogP contribution in [-0.2, 0) is 6.54 Å². The summed E-state index contributed by atoms with van der Waals surface area (Å²) in [6.07, 6.45) is 0. The van der Waals surface area contributed by atoms with Crippen LogP contribution < -0.4 is 10.5 Å². The van der Waals surface area contributed by atoms with Crippen LogP contribution in [0.25, 0.3) is 0 Å². The van der Waals surface area contributed by atoms with Gasteiger partial charge in [-0.1, -0.05) is 0 Å². The lowest BCUT2D eigenvalue weighted by molar-refractivity contribution is -0.384. The summed E-state index contributed by atoms with van der Waals surface area (Å²) in [4.78, 5) is 23.7. The minimum absolute atomic E-state index is 0.00829. The van der Waals surface area contributed by atoms with Gasteiger partial charge in [0.15, 0.2) is 5.82 Å². The number of hydrogen-bond acceptors (Lipinski definition) is 4. The minimum atomic E-state index is -0.445. The Kier molecular flexibility index (Phi) is 2.18. The van der Waals surface area contributed by atoms with E-state index in [9.17, 15) is 14.9 Å². The molecule has 0 fully saturated rings. The summed E-state index contributed by atoms with van der Waals surface area (Å²) in [5, 5.41) is 10.8. The molecule has 0 aromatic carbocycles. The molecular weight excluding hydrogens is 198 g/mol. The maximum atomic E-state index is 11.5. The first-order chi connectivity index (χ1) is 7.15. The lowest BCUT2D eigenvalue weighted by atomic mass is 10.3. The van der Waals surface area contributed by atoms with Crippen LogP contribution in [-0.4, -0.2) is 22.6 Å². The Balaban J connectivity index is 2.66. The van der Waals surface area contributed by atoms with Gasteiger partial charge in [-0.3, -0.25) is 19.5 Å². The number of rotatable bonds is 2. The topological polar surface area (TPSA) is 68.4 Å². The molecule has 0 radical (unpaired) electrons. The van der Waals surface area contributed by atoms with Crippen molar-refractivity contribution in [2.24, 2.45) is 0 Å². The lowest BCUT2D eigenvalue weighted by Gasteiger charge is -2.14. The van der Waals surface area contributed by atoms with Gasteiger partial charge in [0.2, 0.25) is 0 Å². The molecule has 2 rings (SSSR count). The van der Waals surface area contributed by atoms with Crippen LogP contribution in [0.4, 0.5) is 11.5 Å². The van der Waals surface area contributed by atoms with Crippen molar-refractivity contribution >= 4 is 11.5 Å². The van der Waals surface area contributed by atoms with Crippen LogP contribution in [0.2, 0.25) is 0 Å². The number of pyridine rings is 1. The summed E-state index contributed by atoms with van der Waals surface area (Å²) in [6, 6.07) is 2.53. The molecule has 0 saturated heterocycles. The van der Waals surface area contributed by atoms with Crippen molar-refractivity contribution in [2.45, 2.75) is 13.5 Å². The molecule has 0 atom stereocenters. The highest BCUT2D eigenvalue weighted by Crippen LogP contribution is 2.29. The second-order valence-electron chi connectivity index (χ2n) is 3.37. The largest absolute Gasteiger partial charge is 0.351 e. The smallest absolute Gasteiger partial charge is 0.310 e. The van der Waals surface area contributed by atoms with Crippen LogP contribution >= 0.6 is 0 Å². The normalized spacial score (nSPS) is 14.1. The Hall–Kier alpha value is -1.85. The molecule has 80 valence electrons. The van der Waals surface area contributed by atoms with Crippen molar-refractivity contribution < 1.29 is 4.92 Å². The van der Waals surface area contributed by atoms with Gasteiger partial charge in [-0.05, 0) is 6.92 Å². The molecule has 0 aliphatic carbocycles. The highest BCUT2D eigenvalue weighted by Gasteiger charge is 2.27. The Morgan fingerprint density at radius 2 is 2.20 bits per heavy atom. The van der Waals surface area contributed by atoms with E-state index in [2.05, 4.69) is 0 Å². The van der Waals surface area contributed by atoms with Gasteiger partial charge in [-0.15, -0.1) is 0 Å². The third-order valence-electron chi connectivity index (χ3n) is 2.61. The minimum Gasteiger partial charge on any atom is -0.351 e. The summed E-state index contributed by atoms with van der Waals surface area (Å²) < 4.78 is 1.46. The Labute approximate surface area is 85.9 Å². The first-order valence-electron chi connectivity index (χ1n) is 4.78. The molecule has 6 nitrogen and oxygen atoms in total. The third-order valence-corrected chi connectivity index (χ3v) is 2.61. The van der Waals surface area contributed by atoms with E-state index in [0.29, 0.717) is 25.5 Å². The summed E-state index contributed by atoms with van der Waals surface area (Å²) in [5.41, 5.74) is -0.166. The van der Waals surface area contributed by atoms with Crippen molar-refractivity contribution in [3.8, 4) is 0 Å². The van der Waals surface area contributed by atoms with Crippen molar-refractivity contribution in [1.82, 2.24) is 4.57 Å². The fourth-order valence-corrected chi connectivity index (χ4v) is 1.88. The van der Waals surface area contributed by atoms with E-state index in [1.54, 1.807) is 0 Å². The van der Waals surface area contributed by atoms with Crippen LogP contribution in [0.15, 0.2) is 16.9 Å². The van der Waals surface area contributed by atoms with Crippen LogP contribution in [0.1, 0.15) is 6.92 Å². The van der Waals surface area contributed by atoms with Gasteiger partial charge in [-0.25, -0.2) is 0 Å². The molecule has 0 spiro atoms. The van der Waals surface area contributed by atoms with Gasteiger partial charge in [-0.2, -0.15) is 0 Å². The van der Waals surface area contributed by atoms with Gasteiger partial charge in [0.05, 0.1) is 4.92 Å². The van der Waals surface area contributed by atoms with Crippen LogP contribution in [0, 0.1) is 10.1 Å². The molecule has 1 aliphatic rings. The molecule has 0 unspecified atom stereocenters. The van der Waals surface area contributed by atoms with Gasteiger partial charge in [0.25, 0.3) is 5.56 Å². The first-order valence-corrected chi connectivity index (χ1v) is 4.78. The van der Waals surface area contributed by atoms with Gasteiger partial charge >= 0.3 is 5.69 Å². The van der Waals surface area contributed by atoms with Gasteiger partial charge < -0.3 is 4.90 Å². The Morgan fingerprint density at radius 1 is 1.47 bits per heavy atom. The molecule has 0 saturated carbocycles. The summed E-state index contributed by atoms with van der Waals surface area (Å²) >= 11 is 0. The maximum Gasteiger partial charge on any atom is 0.310 e. The third kappa shape index (κ3) is 1.38. The summed E-state index contributed by atoms with van der Waals surface area (Å²) in [6.45, 7) is 3.78. The average molecular weight is 209 g/mol. The fourth-order valence-electron chi connectivity index (χ4n) is 1.88. The fraction of sp³-hybridized carbons (Fsp3) is 0.444. The molecule has 15 heavy (non-hydrogen) atoms. The Bertz CT molecular complexity index is 466. The predicted octanol–water partition coefficient (Wildman–Crippen LogP) is 0.596. The standard InChI is InChI=1S/C9H11N3O3/c1-2-10-5-6-11-8(13)4-3-7(9(10)11)12(14)15/h3-4H,2,5-6H2,1H3. The van der Waals surface area contributed by atoms with E-state index in [4.69, 9.17) is 0 Å². The van der Waals surface area contributed by atoms with E-state index < -0.39 is 4.92 Å². The van der Waals surface area contributed by atoms with Crippen molar-refractivity contribution in [2.75, 3.05) is 18.0 Å². The molecule has 1 aromatic heterocycles. The number of nitro groups is 1. The second-order valence-corrected chi connectivity index (χ2v) is 3.37. The van der Waals surface area contributed by atoms with E-state index >= 15 is 0 Å². The molecule has 0 N–H and O–H groups in total. The maximum absolute atomic E-state index is 11.5. The molecular formula is C9H11N3O3. The lowest BCUT2D eigenvalue weighted by Crippen LogP contribution is -2.21. The predicted molar refractivity (Wildman–Crippen MR) is 55.2 cm³/mol. The number of likely N-dealkylation sites (N-methyl/N-ethyl adjacent to an activating group) is 1. The van der Waals surface area contributed by atoms with Crippen molar-refractivity contribution in [1.29, 1.82) is 0 Å². The van der Waals surface area contributed by atoms with Crippen LogP contribution in [0.5, 0.6) is 0 Å². The van der Waals surface area contributed by atoms with Gasteiger partial charge in [0.1, 0.15) is 0 Å². The van der Waals surface area contributed by atoms with Gasteiger partial charge in [0, 0.05) is 31.8 Å². The van der Waals surface area contributed by atoms with Crippen LogP contribution in [0.3, 0.4) is 0 Å². The first kappa shape index (κ1) is 9.70. The van der Waals surface area contributed by atoms with E-state index in [0.717, 1.165) is 0 Å². The van der Waals surface area contributed by atoms with E-state index in [-0.39, 0.29) is 11.2 Å². The zero-order chi connectivity index (χ0) is 11.0. The molecule has 0 bridgehead atoms. The zero-order valence-electron chi connectivity index (χ0n) is 8.34. The molecule has 0 amide bonds. The highest BCUT2D eigenvalue weighted by atomic mass is 16.6. The highest BCUT2D eigenvalue weighted by molar-refractivity contribution is 5.60. The van der Waals surface area contributed by atoms with Crippen molar-refractivity contribution in [3.05, 3.63) is 32.6 Å². The van der Waals surface area contributed by atoms with E-state index in [1.165, 1.54) is 16.7 Å². The number of aromatic nitrogens is 1. The number of hydrogen-bond donors (Lipinski definition) is 0. The average Bonchev–Trinajstić information content (AvgIpc) is 2.62. The SMILES string of the molecule is CCN1CCn2c1c([N+](=O)[O-])ccc2=O. The zero-order valence-corrected chi connectivity index (χ0v) is 8.34. The second kappa shape index (κ2) is 3.38. The molecule has 1 aromatic rings. The molecule has 1 aliphatic heterocycles. The number of fused-ring (bicyclic) bond motifs is 1. The quantitative estimate of drug-likeness (QED) is 0.528. The van der Waals surface area contributed by atoms with E-state index in [1.807, 2.05) is 11.8 Å². The monoisotopic (exact) mass is 209 g/mol. The van der Waals surface area contributed by atoms with Crippen molar-refractivity contribution in [3.63, 3.8) is 0 Å².